The summed E-state index contributed by atoms with van der Waals surface area (Å²) >= 11 is 0. The van der Waals surface area contributed by atoms with E-state index in [0.29, 0.717) is 18.8 Å². The lowest BCUT2D eigenvalue weighted by Crippen LogP contribution is -2.42. The number of carbonyl (C=O) groups is 1. The van der Waals surface area contributed by atoms with Crippen LogP contribution >= 0.6 is 0 Å². The predicted molar refractivity (Wildman–Crippen MR) is 75.5 cm³/mol. The van der Waals surface area contributed by atoms with Crippen molar-refractivity contribution in [3.8, 4) is 0 Å². The molecule has 116 valence electrons. The van der Waals surface area contributed by atoms with Crippen molar-refractivity contribution in [3.63, 3.8) is 0 Å². The van der Waals surface area contributed by atoms with Gasteiger partial charge < -0.3 is 18.9 Å². The van der Waals surface area contributed by atoms with Crippen molar-refractivity contribution >= 4 is 5.97 Å². The largest absolute Gasteiger partial charge is 0.460 e. The molecule has 6 atom stereocenters. The van der Waals surface area contributed by atoms with Gasteiger partial charge in [0.2, 0.25) is 0 Å². The smallest absolute Gasteiger partial charge is 0.306 e. The van der Waals surface area contributed by atoms with E-state index in [-0.39, 0.29) is 43.1 Å². The maximum Gasteiger partial charge on any atom is 0.306 e. The van der Waals surface area contributed by atoms with Crippen LogP contribution in [0.3, 0.4) is 0 Å². The zero-order chi connectivity index (χ0) is 14.8. The number of cyclic esters (lactones) is 1. The van der Waals surface area contributed by atoms with Crippen LogP contribution in [0.15, 0.2) is 24.3 Å². The third-order valence-electron chi connectivity index (χ3n) is 4.57. The molecule has 3 aliphatic heterocycles. The Kier molecular flexibility index (Phi) is 4.42. The van der Waals surface area contributed by atoms with E-state index in [0.717, 1.165) is 0 Å². The van der Waals surface area contributed by atoms with Crippen LogP contribution in [0, 0.1) is 11.8 Å². The molecule has 0 radical (unpaired) electrons. The average Bonchev–Trinajstić information content (AvgIpc) is 2.91. The van der Waals surface area contributed by atoms with Crippen LogP contribution in [-0.4, -0.2) is 44.3 Å². The van der Waals surface area contributed by atoms with E-state index in [1.54, 1.807) is 7.11 Å². The lowest BCUT2D eigenvalue weighted by molar-refractivity contribution is -0.163. The third kappa shape index (κ3) is 2.91. The van der Waals surface area contributed by atoms with Crippen LogP contribution in [0.25, 0.3) is 0 Å². The molecule has 21 heavy (non-hydrogen) atoms. The molecule has 0 unspecified atom stereocenters. The van der Waals surface area contributed by atoms with Crippen molar-refractivity contribution in [2.24, 2.45) is 11.8 Å². The highest BCUT2D eigenvalue weighted by Gasteiger charge is 2.49. The molecule has 2 bridgehead atoms. The van der Waals surface area contributed by atoms with Crippen LogP contribution < -0.4 is 0 Å². The van der Waals surface area contributed by atoms with Crippen LogP contribution in [-0.2, 0) is 23.7 Å². The number of esters is 1. The molecule has 0 aromatic heterocycles. The molecule has 0 aromatic rings. The Bertz CT molecular complexity index is 444. The van der Waals surface area contributed by atoms with Gasteiger partial charge in [-0.3, -0.25) is 4.79 Å². The molecule has 5 nitrogen and oxygen atoms in total. The van der Waals surface area contributed by atoms with Crippen LogP contribution in [0.1, 0.15) is 19.8 Å². The first-order chi connectivity index (χ1) is 10.2. The summed E-state index contributed by atoms with van der Waals surface area (Å²) in [7, 11) is 1.60. The summed E-state index contributed by atoms with van der Waals surface area (Å²) in [5.41, 5.74) is 0. The number of allylic oxidation sites excluding steroid dienone is 2. The second-order valence-electron chi connectivity index (χ2n) is 5.88. The highest BCUT2D eigenvalue weighted by molar-refractivity contribution is 5.71. The topological polar surface area (TPSA) is 54.0 Å². The van der Waals surface area contributed by atoms with Gasteiger partial charge in [-0.25, -0.2) is 0 Å². The van der Waals surface area contributed by atoms with E-state index in [2.05, 4.69) is 19.1 Å². The van der Waals surface area contributed by atoms with E-state index in [4.69, 9.17) is 18.9 Å². The third-order valence-corrected chi connectivity index (χ3v) is 4.57. The Morgan fingerprint density at radius 3 is 2.76 bits per heavy atom. The van der Waals surface area contributed by atoms with Crippen molar-refractivity contribution in [3.05, 3.63) is 24.3 Å². The second-order valence-corrected chi connectivity index (χ2v) is 5.88. The SMILES string of the molecule is COCO[C@@H]([C@@H]1[C@H](C)[C@H]2C=CC=C[C@@H]1O2)[C@@H]1CCC(=O)O1. The van der Waals surface area contributed by atoms with E-state index in [1.165, 1.54) is 0 Å². The second kappa shape index (κ2) is 6.30. The summed E-state index contributed by atoms with van der Waals surface area (Å²) in [4.78, 5) is 11.4. The van der Waals surface area contributed by atoms with Gasteiger partial charge in [0.15, 0.2) is 0 Å². The first-order valence-electron chi connectivity index (χ1n) is 7.51. The Morgan fingerprint density at radius 1 is 1.33 bits per heavy atom. The molecule has 2 fully saturated rings. The molecular formula is C16H22O5. The van der Waals surface area contributed by atoms with Gasteiger partial charge in [-0.2, -0.15) is 0 Å². The minimum absolute atomic E-state index is 0.0128. The Balaban J connectivity index is 1.80. The summed E-state index contributed by atoms with van der Waals surface area (Å²) in [5, 5.41) is 0. The zero-order valence-corrected chi connectivity index (χ0v) is 12.4. The zero-order valence-electron chi connectivity index (χ0n) is 12.4. The van der Waals surface area contributed by atoms with Crippen molar-refractivity contribution in [1.82, 2.24) is 0 Å². The molecule has 0 aliphatic carbocycles. The van der Waals surface area contributed by atoms with Crippen molar-refractivity contribution in [2.75, 3.05) is 13.9 Å². The lowest BCUT2D eigenvalue weighted by atomic mass is 9.80. The number of rotatable bonds is 5. The lowest BCUT2D eigenvalue weighted by Gasteiger charge is -2.32. The van der Waals surface area contributed by atoms with Gasteiger partial charge in [-0.1, -0.05) is 31.2 Å². The quantitative estimate of drug-likeness (QED) is 0.572. The first kappa shape index (κ1) is 14.8. The number of fused-ring (bicyclic) bond motifs is 2. The van der Waals surface area contributed by atoms with Gasteiger partial charge in [0.1, 0.15) is 19.0 Å². The molecule has 3 heterocycles. The summed E-state index contributed by atoms with van der Waals surface area (Å²) in [6.07, 6.45) is 9.01. The number of hydrogen-bond acceptors (Lipinski definition) is 5. The van der Waals surface area contributed by atoms with Crippen LogP contribution in [0.2, 0.25) is 0 Å². The molecule has 0 N–H and O–H groups in total. The van der Waals surface area contributed by atoms with E-state index in [1.807, 2.05) is 12.2 Å². The Morgan fingerprint density at radius 2 is 2.10 bits per heavy atom. The Labute approximate surface area is 124 Å². The molecule has 3 rings (SSSR count). The fourth-order valence-electron chi connectivity index (χ4n) is 3.53. The number of hydrogen-bond donors (Lipinski definition) is 0. The molecule has 2 saturated heterocycles. The van der Waals surface area contributed by atoms with Gasteiger partial charge in [0.05, 0.1) is 12.2 Å². The summed E-state index contributed by atoms with van der Waals surface area (Å²) < 4.78 is 22.4. The molecule has 5 heteroatoms. The fraction of sp³-hybridized carbons (Fsp3) is 0.688. The standard InChI is InChI=1S/C16H22O5/c1-10-11-5-3-4-6-12(20-11)15(10)16(19-9-18-2)13-7-8-14(17)21-13/h3-6,10-13,15-16H,7-9H2,1-2H3/t10-,11-,12+,13+,15-,16-/m1/s1. The number of carbonyl (C=O) groups excluding carboxylic acids is 1. The van der Waals surface area contributed by atoms with Gasteiger partial charge >= 0.3 is 5.97 Å². The molecule has 0 aromatic carbocycles. The van der Waals surface area contributed by atoms with Crippen LogP contribution in [0.4, 0.5) is 0 Å². The minimum Gasteiger partial charge on any atom is -0.460 e. The maximum atomic E-state index is 11.4. The molecule has 0 saturated carbocycles. The highest BCUT2D eigenvalue weighted by atomic mass is 16.7. The first-order valence-corrected chi connectivity index (χ1v) is 7.51. The van der Waals surface area contributed by atoms with Gasteiger partial charge in [0, 0.05) is 19.4 Å². The number of methoxy groups -OCH3 is 1. The molecule has 0 spiro atoms. The van der Waals surface area contributed by atoms with Gasteiger partial charge in [-0.05, 0) is 12.3 Å². The molecule has 3 aliphatic rings. The predicted octanol–water partition coefficient (Wildman–Crippen LogP) is 1.83. The van der Waals surface area contributed by atoms with E-state index >= 15 is 0 Å². The van der Waals surface area contributed by atoms with Crippen molar-refractivity contribution < 1.29 is 23.7 Å². The Hall–Kier alpha value is -1.17. The van der Waals surface area contributed by atoms with Crippen molar-refractivity contribution in [1.29, 1.82) is 0 Å². The van der Waals surface area contributed by atoms with Crippen molar-refractivity contribution in [2.45, 2.75) is 44.2 Å². The van der Waals surface area contributed by atoms with E-state index < -0.39 is 0 Å². The average molecular weight is 294 g/mol. The molecular weight excluding hydrogens is 272 g/mol. The van der Waals surface area contributed by atoms with Gasteiger partial charge in [0.25, 0.3) is 0 Å². The van der Waals surface area contributed by atoms with Gasteiger partial charge in [-0.15, -0.1) is 0 Å². The maximum absolute atomic E-state index is 11.4. The van der Waals surface area contributed by atoms with Crippen LogP contribution in [0.5, 0.6) is 0 Å². The summed E-state index contributed by atoms with van der Waals surface area (Å²) in [6.45, 7) is 2.36. The summed E-state index contributed by atoms with van der Waals surface area (Å²) in [6, 6.07) is 0. The normalized spacial score (nSPS) is 39.3. The summed E-state index contributed by atoms with van der Waals surface area (Å²) in [5.74, 6) is 0.313. The van der Waals surface area contributed by atoms with E-state index in [9.17, 15) is 4.79 Å². The minimum atomic E-state index is -0.207. The number of ether oxygens (including phenoxy) is 4. The highest BCUT2D eigenvalue weighted by Crippen LogP contribution is 2.41. The molecule has 0 amide bonds. The monoisotopic (exact) mass is 294 g/mol. The fourth-order valence-corrected chi connectivity index (χ4v) is 3.53.